The Balaban J connectivity index is 1.80. The van der Waals surface area contributed by atoms with Gasteiger partial charge < -0.3 is 9.84 Å². The second-order valence-corrected chi connectivity index (χ2v) is 8.53. The summed E-state index contributed by atoms with van der Waals surface area (Å²) < 4.78 is 5.56. The molecule has 7 heteroatoms. The molecule has 0 radical (unpaired) electrons. The van der Waals surface area contributed by atoms with Crippen LogP contribution in [0.25, 0.3) is 11.3 Å². The van der Waals surface area contributed by atoms with E-state index < -0.39 is 11.6 Å². The van der Waals surface area contributed by atoms with E-state index in [1.54, 1.807) is 29.2 Å². The van der Waals surface area contributed by atoms with Gasteiger partial charge in [-0.1, -0.05) is 12.1 Å². The number of carboxylic acid groups (broad SMARTS) is 1. The van der Waals surface area contributed by atoms with E-state index in [4.69, 9.17) is 14.8 Å². The maximum atomic E-state index is 12.6. The Morgan fingerprint density at radius 2 is 1.93 bits per heavy atom. The lowest BCUT2D eigenvalue weighted by Gasteiger charge is -2.35. The summed E-state index contributed by atoms with van der Waals surface area (Å²) in [4.78, 5) is 30.1. The minimum Gasteiger partial charge on any atom is -0.478 e. The predicted molar refractivity (Wildman–Crippen MR) is 104 cm³/mol. The summed E-state index contributed by atoms with van der Waals surface area (Å²) in [6.07, 6.45) is 2.58. The first kappa shape index (κ1) is 19.4. The van der Waals surface area contributed by atoms with Gasteiger partial charge in [0.25, 0.3) is 0 Å². The smallest absolute Gasteiger partial charge is 0.410 e. The van der Waals surface area contributed by atoms with Gasteiger partial charge in [-0.2, -0.15) is 0 Å². The number of aromatic nitrogens is 1. The van der Waals surface area contributed by atoms with Crippen LogP contribution >= 0.6 is 11.3 Å². The topological polar surface area (TPSA) is 79.7 Å². The zero-order valence-electron chi connectivity index (χ0n) is 15.8. The third-order valence-electron chi connectivity index (χ3n) is 4.37. The molecule has 3 rings (SSSR count). The molecule has 0 saturated carbocycles. The van der Waals surface area contributed by atoms with Crippen molar-refractivity contribution < 1.29 is 19.4 Å². The fourth-order valence-electron chi connectivity index (χ4n) is 3.08. The van der Waals surface area contributed by atoms with E-state index in [2.05, 4.69) is 0 Å². The minimum atomic E-state index is -0.948. The van der Waals surface area contributed by atoms with Crippen molar-refractivity contribution in [3.8, 4) is 11.3 Å². The third kappa shape index (κ3) is 4.66. The van der Waals surface area contributed by atoms with Crippen molar-refractivity contribution in [2.75, 3.05) is 6.54 Å². The lowest BCUT2D eigenvalue weighted by Crippen LogP contribution is -2.41. The normalized spacial score (nSPS) is 17.6. The molecule has 2 heterocycles. The molecule has 6 nitrogen and oxygen atoms in total. The van der Waals surface area contributed by atoms with Crippen LogP contribution in [0.1, 0.15) is 61.4 Å². The van der Waals surface area contributed by atoms with E-state index in [0.717, 1.165) is 35.5 Å². The summed E-state index contributed by atoms with van der Waals surface area (Å²) >= 11 is 1.52. The van der Waals surface area contributed by atoms with Crippen LogP contribution in [0.3, 0.4) is 0 Å². The van der Waals surface area contributed by atoms with Gasteiger partial charge in [-0.15, -0.1) is 11.3 Å². The Bertz CT molecular complexity index is 823. The van der Waals surface area contributed by atoms with Crippen LogP contribution in [-0.4, -0.2) is 39.2 Å². The van der Waals surface area contributed by atoms with Crippen molar-refractivity contribution in [1.82, 2.24) is 9.88 Å². The van der Waals surface area contributed by atoms with Crippen molar-refractivity contribution in [2.24, 2.45) is 0 Å². The summed E-state index contributed by atoms with van der Waals surface area (Å²) in [5.74, 6) is -0.948. The maximum absolute atomic E-state index is 12.6. The summed E-state index contributed by atoms with van der Waals surface area (Å²) in [5, 5.41) is 11.9. The number of likely N-dealkylation sites (tertiary alicyclic amines) is 1. The summed E-state index contributed by atoms with van der Waals surface area (Å²) in [6, 6.07) is 6.59. The number of thiazole rings is 1. The molecule has 0 spiro atoms. The molecule has 1 N–H and O–H groups in total. The van der Waals surface area contributed by atoms with Crippen molar-refractivity contribution in [1.29, 1.82) is 0 Å². The van der Waals surface area contributed by atoms with Crippen molar-refractivity contribution in [3.63, 3.8) is 0 Å². The van der Waals surface area contributed by atoms with Gasteiger partial charge in [0.1, 0.15) is 10.6 Å². The van der Waals surface area contributed by atoms with Gasteiger partial charge in [-0.05, 0) is 52.2 Å². The third-order valence-corrected chi connectivity index (χ3v) is 5.31. The molecule has 144 valence electrons. The Hall–Kier alpha value is -2.41. The standard InChI is InChI=1S/C20H24N2O4S/c1-20(2,3)26-19(25)22-11-5-4-6-16(22)17-21-15(12-27-17)13-7-9-14(10-8-13)18(23)24/h7-10,12,16H,4-6,11H2,1-3H3,(H,23,24)/t16-/m1/s1. The molecular formula is C20H24N2O4S. The Morgan fingerprint density at radius 3 is 2.56 bits per heavy atom. The monoisotopic (exact) mass is 388 g/mol. The van der Waals surface area contributed by atoms with E-state index in [1.807, 2.05) is 26.2 Å². The number of rotatable bonds is 3. The molecule has 0 aliphatic carbocycles. The van der Waals surface area contributed by atoms with E-state index >= 15 is 0 Å². The SMILES string of the molecule is CC(C)(C)OC(=O)N1CCCC[C@@H]1c1nc(-c2ccc(C(=O)O)cc2)cs1. The number of carbonyl (C=O) groups excluding carboxylic acids is 1. The van der Waals surface area contributed by atoms with Crippen LogP contribution in [-0.2, 0) is 4.74 Å². The number of ether oxygens (including phenoxy) is 1. The van der Waals surface area contributed by atoms with Crippen molar-refractivity contribution in [2.45, 2.75) is 51.7 Å². The van der Waals surface area contributed by atoms with Crippen LogP contribution in [0.15, 0.2) is 29.6 Å². The second-order valence-electron chi connectivity index (χ2n) is 7.64. The lowest BCUT2D eigenvalue weighted by molar-refractivity contribution is 0.00948. The maximum Gasteiger partial charge on any atom is 0.410 e. The van der Waals surface area contributed by atoms with Crippen LogP contribution in [0.4, 0.5) is 4.79 Å². The number of amides is 1. The number of aromatic carboxylic acids is 1. The number of nitrogens with zero attached hydrogens (tertiary/aromatic N) is 2. The first-order valence-electron chi connectivity index (χ1n) is 9.03. The van der Waals surface area contributed by atoms with Crippen LogP contribution in [0.2, 0.25) is 0 Å². The largest absolute Gasteiger partial charge is 0.478 e. The van der Waals surface area contributed by atoms with E-state index in [9.17, 15) is 9.59 Å². The average Bonchev–Trinajstić information content (AvgIpc) is 3.10. The summed E-state index contributed by atoms with van der Waals surface area (Å²) in [6.45, 7) is 6.27. The number of benzene rings is 1. The molecule has 1 aromatic heterocycles. The molecule has 0 unspecified atom stereocenters. The van der Waals surface area contributed by atoms with E-state index in [1.165, 1.54) is 11.3 Å². The molecule has 1 amide bonds. The van der Waals surface area contributed by atoms with Gasteiger partial charge >= 0.3 is 12.1 Å². The molecule has 1 saturated heterocycles. The molecule has 1 aliphatic rings. The highest BCUT2D eigenvalue weighted by atomic mass is 32.1. The fraction of sp³-hybridized carbons (Fsp3) is 0.450. The summed E-state index contributed by atoms with van der Waals surface area (Å²) in [5.41, 5.74) is 1.38. The highest BCUT2D eigenvalue weighted by molar-refractivity contribution is 7.10. The molecule has 1 aromatic carbocycles. The average molecular weight is 388 g/mol. The number of hydrogen-bond acceptors (Lipinski definition) is 5. The Kier molecular flexibility index (Phi) is 5.51. The van der Waals surface area contributed by atoms with Gasteiger partial charge in [0.15, 0.2) is 0 Å². The fourth-order valence-corrected chi connectivity index (χ4v) is 4.06. The minimum absolute atomic E-state index is 0.0781. The van der Waals surface area contributed by atoms with E-state index in [0.29, 0.717) is 6.54 Å². The van der Waals surface area contributed by atoms with Gasteiger partial charge in [0.2, 0.25) is 0 Å². The van der Waals surface area contributed by atoms with Crippen molar-refractivity contribution >= 4 is 23.4 Å². The second kappa shape index (κ2) is 7.68. The lowest BCUT2D eigenvalue weighted by atomic mass is 10.0. The summed E-state index contributed by atoms with van der Waals surface area (Å²) in [7, 11) is 0. The van der Waals surface area contributed by atoms with Gasteiger partial charge in [0.05, 0.1) is 17.3 Å². The predicted octanol–water partition coefficient (Wildman–Crippen LogP) is 4.97. The molecule has 1 atom stereocenters. The highest BCUT2D eigenvalue weighted by Crippen LogP contribution is 2.35. The number of piperidine rings is 1. The van der Waals surface area contributed by atoms with E-state index in [-0.39, 0.29) is 17.7 Å². The number of carboxylic acids is 1. The molecule has 2 aromatic rings. The number of carbonyl (C=O) groups is 2. The van der Waals surface area contributed by atoms with Gasteiger partial charge in [-0.3, -0.25) is 4.90 Å². The molecule has 0 bridgehead atoms. The quantitative estimate of drug-likeness (QED) is 0.803. The Morgan fingerprint density at radius 1 is 1.22 bits per heavy atom. The molecule has 1 aliphatic heterocycles. The first-order chi connectivity index (χ1) is 12.7. The van der Waals surface area contributed by atoms with Crippen molar-refractivity contribution in [3.05, 3.63) is 40.2 Å². The van der Waals surface area contributed by atoms with Crippen LogP contribution < -0.4 is 0 Å². The first-order valence-corrected chi connectivity index (χ1v) is 9.91. The Labute approximate surface area is 162 Å². The molecule has 27 heavy (non-hydrogen) atoms. The zero-order valence-corrected chi connectivity index (χ0v) is 16.6. The molecular weight excluding hydrogens is 364 g/mol. The number of hydrogen-bond donors (Lipinski definition) is 1. The van der Waals surface area contributed by atoms with Crippen LogP contribution in [0.5, 0.6) is 0 Å². The molecule has 1 fully saturated rings. The highest BCUT2D eigenvalue weighted by Gasteiger charge is 2.33. The zero-order chi connectivity index (χ0) is 19.6. The van der Waals surface area contributed by atoms with Gasteiger partial charge in [0, 0.05) is 17.5 Å². The van der Waals surface area contributed by atoms with Gasteiger partial charge in [-0.25, -0.2) is 14.6 Å². The van der Waals surface area contributed by atoms with Crippen LogP contribution in [0, 0.1) is 0 Å².